The second-order valence-corrected chi connectivity index (χ2v) is 6.72. The van der Waals surface area contributed by atoms with Crippen LogP contribution in [0.3, 0.4) is 0 Å². The van der Waals surface area contributed by atoms with E-state index in [9.17, 15) is 8.42 Å². The van der Waals surface area contributed by atoms with E-state index in [4.69, 9.17) is 0 Å². The van der Waals surface area contributed by atoms with Crippen molar-refractivity contribution in [2.75, 3.05) is 33.2 Å². The van der Waals surface area contributed by atoms with E-state index in [2.05, 4.69) is 28.8 Å². The van der Waals surface area contributed by atoms with Gasteiger partial charge in [0.1, 0.15) is 0 Å². The van der Waals surface area contributed by atoms with E-state index in [1.54, 1.807) is 18.2 Å². The predicted molar refractivity (Wildman–Crippen MR) is 86.8 cm³/mol. The maximum absolute atomic E-state index is 12.2. The van der Waals surface area contributed by atoms with Crippen molar-refractivity contribution < 1.29 is 8.42 Å². The van der Waals surface area contributed by atoms with Gasteiger partial charge < -0.3 is 10.2 Å². The van der Waals surface area contributed by atoms with Crippen molar-refractivity contribution in [3.63, 3.8) is 0 Å². The average Bonchev–Trinajstić information content (AvgIpc) is 2.48. The molecule has 1 aromatic carbocycles. The molecule has 0 saturated carbocycles. The predicted octanol–water partition coefficient (Wildman–Crippen LogP) is 1.42. The minimum Gasteiger partial charge on any atom is -0.316 e. The molecule has 0 heterocycles. The van der Waals surface area contributed by atoms with E-state index in [1.807, 2.05) is 13.1 Å². The van der Waals surface area contributed by atoms with Crippen LogP contribution in [0.2, 0.25) is 0 Å². The number of hydrogen-bond donors (Lipinski definition) is 2. The average molecular weight is 313 g/mol. The molecule has 0 aliphatic heterocycles. The lowest BCUT2D eigenvalue weighted by Crippen LogP contribution is -2.30. The van der Waals surface area contributed by atoms with E-state index in [-0.39, 0.29) is 0 Å². The van der Waals surface area contributed by atoms with Crippen LogP contribution < -0.4 is 10.0 Å². The van der Waals surface area contributed by atoms with Crippen LogP contribution in [0.5, 0.6) is 0 Å². The molecule has 0 aromatic heterocycles. The van der Waals surface area contributed by atoms with Gasteiger partial charge in [0.15, 0.2) is 0 Å². The second kappa shape index (κ2) is 9.15. The topological polar surface area (TPSA) is 61.4 Å². The summed E-state index contributed by atoms with van der Waals surface area (Å²) in [5.41, 5.74) is 0.962. The van der Waals surface area contributed by atoms with E-state index < -0.39 is 10.0 Å². The fraction of sp³-hybridized carbons (Fsp3) is 0.600. The monoisotopic (exact) mass is 313 g/mol. The molecule has 0 aliphatic carbocycles. The van der Waals surface area contributed by atoms with Gasteiger partial charge in [-0.15, -0.1) is 0 Å². The Hall–Kier alpha value is -0.950. The highest BCUT2D eigenvalue weighted by Gasteiger charge is 2.13. The van der Waals surface area contributed by atoms with Crippen LogP contribution >= 0.6 is 0 Å². The van der Waals surface area contributed by atoms with E-state index in [0.29, 0.717) is 18.0 Å². The van der Waals surface area contributed by atoms with Crippen LogP contribution in [-0.4, -0.2) is 46.5 Å². The standard InChI is InChI=1S/C15H27N3O2S/c1-4-18(5-2)11-7-10-17-21(19,20)15-9-6-8-14(12-15)13-16-3/h6,8-9,12,16-17H,4-5,7,10-11,13H2,1-3H3. The zero-order valence-corrected chi connectivity index (χ0v) is 14.0. The van der Waals surface area contributed by atoms with Gasteiger partial charge in [-0.3, -0.25) is 0 Å². The number of nitrogens with zero attached hydrogens (tertiary/aromatic N) is 1. The van der Waals surface area contributed by atoms with Crippen LogP contribution in [0.15, 0.2) is 29.2 Å². The highest BCUT2D eigenvalue weighted by atomic mass is 32.2. The third kappa shape index (κ3) is 6.13. The van der Waals surface area contributed by atoms with Gasteiger partial charge in [0, 0.05) is 13.1 Å². The molecule has 6 heteroatoms. The Morgan fingerprint density at radius 2 is 1.90 bits per heavy atom. The summed E-state index contributed by atoms with van der Waals surface area (Å²) in [5, 5.41) is 3.02. The van der Waals surface area contributed by atoms with Crippen molar-refractivity contribution in [1.29, 1.82) is 0 Å². The van der Waals surface area contributed by atoms with Gasteiger partial charge in [-0.05, 0) is 50.8 Å². The lowest BCUT2D eigenvalue weighted by Gasteiger charge is -2.17. The molecule has 0 atom stereocenters. The Bertz CT molecular complexity index is 513. The number of hydrogen-bond acceptors (Lipinski definition) is 4. The molecule has 120 valence electrons. The maximum atomic E-state index is 12.2. The smallest absolute Gasteiger partial charge is 0.240 e. The highest BCUT2D eigenvalue weighted by molar-refractivity contribution is 7.89. The molecule has 5 nitrogen and oxygen atoms in total. The van der Waals surface area contributed by atoms with E-state index in [1.165, 1.54) is 0 Å². The summed E-state index contributed by atoms with van der Waals surface area (Å²) in [6.07, 6.45) is 0.817. The zero-order chi connectivity index (χ0) is 15.7. The summed E-state index contributed by atoms with van der Waals surface area (Å²) >= 11 is 0. The molecule has 0 unspecified atom stereocenters. The first-order valence-corrected chi connectivity index (χ1v) is 8.97. The summed E-state index contributed by atoms with van der Waals surface area (Å²) in [6.45, 7) is 8.25. The molecule has 0 radical (unpaired) electrons. The summed E-state index contributed by atoms with van der Waals surface area (Å²) in [7, 11) is -1.57. The first kappa shape index (κ1) is 18.1. The summed E-state index contributed by atoms with van der Waals surface area (Å²) in [4.78, 5) is 2.61. The highest BCUT2D eigenvalue weighted by Crippen LogP contribution is 2.11. The van der Waals surface area contributed by atoms with Crippen molar-refractivity contribution in [2.24, 2.45) is 0 Å². The summed E-state index contributed by atoms with van der Waals surface area (Å²) in [6, 6.07) is 7.03. The third-order valence-electron chi connectivity index (χ3n) is 3.43. The normalized spacial score (nSPS) is 12.0. The number of nitrogens with one attached hydrogen (secondary N) is 2. The van der Waals surface area contributed by atoms with Gasteiger partial charge in [-0.25, -0.2) is 13.1 Å². The number of benzene rings is 1. The largest absolute Gasteiger partial charge is 0.316 e. The number of rotatable bonds is 10. The van der Waals surface area contributed by atoms with Crippen molar-refractivity contribution in [2.45, 2.75) is 31.7 Å². The van der Waals surface area contributed by atoms with Crippen molar-refractivity contribution in [3.8, 4) is 0 Å². The SMILES string of the molecule is CCN(CC)CCCNS(=O)(=O)c1cccc(CNC)c1. The second-order valence-electron chi connectivity index (χ2n) is 4.96. The lowest BCUT2D eigenvalue weighted by atomic mass is 10.2. The molecule has 1 rings (SSSR count). The molecule has 0 saturated heterocycles. The molecule has 1 aromatic rings. The maximum Gasteiger partial charge on any atom is 0.240 e. The van der Waals surface area contributed by atoms with Crippen LogP contribution in [0.1, 0.15) is 25.8 Å². The van der Waals surface area contributed by atoms with Crippen LogP contribution in [0, 0.1) is 0 Å². The van der Waals surface area contributed by atoms with Gasteiger partial charge in [0.05, 0.1) is 4.90 Å². The van der Waals surface area contributed by atoms with Crippen LogP contribution in [0.25, 0.3) is 0 Å². The van der Waals surface area contributed by atoms with Crippen LogP contribution in [-0.2, 0) is 16.6 Å². The first-order valence-electron chi connectivity index (χ1n) is 7.49. The molecular weight excluding hydrogens is 286 g/mol. The molecule has 2 N–H and O–H groups in total. The fourth-order valence-electron chi connectivity index (χ4n) is 2.16. The lowest BCUT2D eigenvalue weighted by molar-refractivity contribution is 0.300. The van der Waals surface area contributed by atoms with Gasteiger partial charge in [-0.2, -0.15) is 0 Å². The molecule has 0 bridgehead atoms. The van der Waals surface area contributed by atoms with Crippen molar-refractivity contribution in [3.05, 3.63) is 29.8 Å². The Morgan fingerprint density at radius 1 is 1.19 bits per heavy atom. The Morgan fingerprint density at radius 3 is 2.52 bits per heavy atom. The molecule has 0 amide bonds. The van der Waals surface area contributed by atoms with Crippen molar-refractivity contribution >= 4 is 10.0 Å². The molecule has 0 aliphatic rings. The minimum atomic E-state index is -3.41. The Balaban J connectivity index is 2.55. The molecule has 0 spiro atoms. The minimum absolute atomic E-state index is 0.332. The fourth-order valence-corrected chi connectivity index (χ4v) is 3.30. The van der Waals surface area contributed by atoms with Gasteiger partial charge in [0.25, 0.3) is 0 Å². The first-order chi connectivity index (χ1) is 10.0. The summed E-state index contributed by atoms with van der Waals surface area (Å²) < 4.78 is 27.1. The van der Waals surface area contributed by atoms with E-state index in [0.717, 1.165) is 31.6 Å². The van der Waals surface area contributed by atoms with Crippen molar-refractivity contribution in [1.82, 2.24) is 14.9 Å². The molecule has 0 fully saturated rings. The van der Waals surface area contributed by atoms with Gasteiger partial charge in [0.2, 0.25) is 10.0 Å². The van der Waals surface area contributed by atoms with Crippen LogP contribution in [0.4, 0.5) is 0 Å². The third-order valence-corrected chi connectivity index (χ3v) is 4.89. The zero-order valence-electron chi connectivity index (χ0n) is 13.2. The summed E-state index contributed by atoms with van der Waals surface area (Å²) in [5.74, 6) is 0. The molecule has 21 heavy (non-hydrogen) atoms. The molecular formula is C15H27N3O2S. The van der Waals surface area contributed by atoms with Gasteiger partial charge >= 0.3 is 0 Å². The van der Waals surface area contributed by atoms with Gasteiger partial charge in [-0.1, -0.05) is 26.0 Å². The quantitative estimate of drug-likeness (QED) is 0.641. The number of sulfonamides is 1. The Kier molecular flexibility index (Phi) is 7.88. The van der Waals surface area contributed by atoms with E-state index >= 15 is 0 Å². The Labute approximate surface area is 128 Å².